The van der Waals surface area contributed by atoms with Crippen LogP contribution in [0.5, 0.6) is 0 Å². The Morgan fingerprint density at radius 2 is 1.70 bits per heavy atom. The number of nitrogens with two attached hydrogens (primary N) is 1. The number of rotatable bonds is 11. The van der Waals surface area contributed by atoms with Crippen LogP contribution in [0.25, 0.3) is 11.4 Å². The number of pyridine rings is 1. The Hall–Kier alpha value is -5.53. The van der Waals surface area contributed by atoms with E-state index in [1.54, 1.807) is 4.90 Å². The van der Waals surface area contributed by atoms with Crippen LogP contribution in [-0.2, 0) is 22.2 Å². The number of benzene rings is 1. The second-order valence-corrected chi connectivity index (χ2v) is 15.0. The van der Waals surface area contributed by atoms with Gasteiger partial charge >= 0.3 is 12.1 Å². The van der Waals surface area contributed by atoms with E-state index in [0.29, 0.717) is 45.0 Å². The Balaban J connectivity index is 0.950. The summed E-state index contributed by atoms with van der Waals surface area (Å²) >= 11 is 6.54. The lowest BCUT2D eigenvalue weighted by Crippen LogP contribution is -2.58. The third-order valence-electron chi connectivity index (χ3n) is 10.8. The van der Waals surface area contributed by atoms with Crippen molar-refractivity contribution in [2.75, 3.05) is 70.0 Å². The highest BCUT2D eigenvalue weighted by Gasteiger charge is 2.42. The first-order valence-electron chi connectivity index (χ1n) is 18.5. The van der Waals surface area contributed by atoms with Crippen molar-refractivity contribution in [2.24, 2.45) is 17.8 Å². The molecule has 0 bridgehead atoms. The molecule has 7 N–H and O–H groups in total. The summed E-state index contributed by atoms with van der Waals surface area (Å²) in [5, 5.41) is 21.0. The van der Waals surface area contributed by atoms with Crippen molar-refractivity contribution in [3.63, 3.8) is 0 Å². The van der Waals surface area contributed by atoms with Crippen molar-refractivity contribution < 1.29 is 37.5 Å². The number of imidazole rings is 1. The Morgan fingerprint density at radius 3 is 2.33 bits per heavy atom. The fourth-order valence-corrected chi connectivity index (χ4v) is 8.07. The number of hydrogen-bond acceptors (Lipinski definition) is 10. The van der Waals surface area contributed by atoms with Crippen LogP contribution in [0, 0.1) is 17.8 Å². The first-order valence-corrected chi connectivity index (χ1v) is 18.9. The van der Waals surface area contributed by atoms with Crippen LogP contribution >= 0.6 is 11.6 Å². The minimum Gasteiger partial charge on any atom is -0.480 e. The quantitative estimate of drug-likeness (QED) is 0.129. The van der Waals surface area contributed by atoms with Gasteiger partial charge in [0.1, 0.15) is 0 Å². The monoisotopic (exact) mass is 811 g/mol. The van der Waals surface area contributed by atoms with Gasteiger partial charge in [-0.1, -0.05) is 11.6 Å². The van der Waals surface area contributed by atoms with Crippen LogP contribution in [0.1, 0.15) is 50.8 Å². The number of nitrogens with zero attached hydrogens (tertiary/aromatic N) is 6. The molecule has 7 rings (SSSR count). The molecule has 0 radical (unpaired) electrons. The summed E-state index contributed by atoms with van der Waals surface area (Å²) in [6.07, 6.45) is -0.939. The fourth-order valence-electron chi connectivity index (χ4n) is 7.80. The Bertz CT molecular complexity index is 2140. The average molecular weight is 812 g/mol. The lowest BCUT2D eigenvalue weighted by Gasteiger charge is -2.45. The molecule has 0 aliphatic carbocycles. The molecule has 6 heterocycles. The number of aromatic nitrogens is 5. The SMILES string of the molecule is Nc1ccnc(-c2[nH]nc(C(F)(F)F)c2Cc2cnc(C(=O)Nc3ccc(C(=O)N4CCN(C(=O)C(C5CCN(CC(=O)O)CC5)C5CNC5)CC4)c(Cl)c3)[nH]2)c1. The first-order chi connectivity index (χ1) is 27.2. The molecule has 3 aromatic heterocycles. The number of carbonyl (C=O) groups excluding carboxylic acids is 3. The Morgan fingerprint density at radius 1 is 0.982 bits per heavy atom. The number of H-pyrrole nitrogens is 2. The van der Waals surface area contributed by atoms with Crippen molar-refractivity contribution >= 4 is 46.7 Å². The minimum absolute atomic E-state index is 0.000239. The number of hydrogen-bond donors (Lipinski definition) is 6. The van der Waals surface area contributed by atoms with Crippen LogP contribution in [0.2, 0.25) is 5.02 Å². The third kappa shape index (κ3) is 8.89. The van der Waals surface area contributed by atoms with Gasteiger partial charge in [0.25, 0.3) is 11.8 Å². The van der Waals surface area contributed by atoms with Gasteiger partial charge in [-0.25, -0.2) is 4.98 Å². The predicted octanol–water partition coefficient (Wildman–Crippen LogP) is 3.21. The van der Waals surface area contributed by atoms with Crippen molar-refractivity contribution in [1.29, 1.82) is 0 Å². The molecule has 302 valence electrons. The minimum atomic E-state index is -4.77. The number of piperazine rings is 1. The molecule has 57 heavy (non-hydrogen) atoms. The molecular weight excluding hydrogens is 771 g/mol. The lowest BCUT2D eigenvalue weighted by atomic mass is 9.73. The standard InChI is InChI=1S/C37H41ClF3N11O5/c38-27-15-23(47-34(55)33-45-18-24(46-33)14-26-31(28-13-22(42)3-6-44-28)48-49-32(26)37(39,40)41)1-2-25(27)35(56)51-9-11-52(12-10-51)36(57)30(21-16-43-17-21)20-4-7-50(8-5-20)19-29(53)54/h1-3,6,13,15,18,20-21,30,43H,4-5,7-12,14,16-17,19H2,(H2,42,44)(H,45,46)(H,47,55)(H,48,49)(H,53,54). The van der Waals surface area contributed by atoms with E-state index in [1.165, 1.54) is 42.7 Å². The zero-order valence-corrected chi connectivity index (χ0v) is 31.4. The van der Waals surface area contributed by atoms with Gasteiger partial charge in [-0.2, -0.15) is 18.3 Å². The molecule has 3 saturated heterocycles. The second kappa shape index (κ2) is 16.5. The fraction of sp³-hybridized carbons (Fsp3) is 0.432. The number of piperidine rings is 1. The van der Waals surface area contributed by atoms with E-state index >= 15 is 0 Å². The molecule has 0 spiro atoms. The highest BCUT2D eigenvalue weighted by atomic mass is 35.5. The summed E-state index contributed by atoms with van der Waals surface area (Å²) in [4.78, 5) is 68.0. The lowest BCUT2D eigenvalue weighted by molar-refractivity contribution is -0.144. The largest absolute Gasteiger partial charge is 0.480 e. The number of amides is 3. The van der Waals surface area contributed by atoms with Gasteiger partial charge in [0.2, 0.25) is 5.91 Å². The maximum Gasteiger partial charge on any atom is 0.435 e. The van der Waals surface area contributed by atoms with Gasteiger partial charge in [-0.05, 0) is 81.2 Å². The molecule has 0 saturated carbocycles. The maximum absolute atomic E-state index is 13.9. The molecule has 4 aromatic rings. The molecule has 20 heteroatoms. The van der Waals surface area contributed by atoms with E-state index in [-0.39, 0.29) is 87.3 Å². The number of likely N-dealkylation sites (tertiary alicyclic amines) is 1. The molecule has 3 fully saturated rings. The second-order valence-electron chi connectivity index (χ2n) is 14.5. The van der Waals surface area contributed by atoms with Gasteiger partial charge in [0.05, 0.1) is 28.5 Å². The summed E-state index contributed by atoms with van der Waals surface area (Å²) in [5.41, 5.74) is 5.62. The predicted molar refractivity (Wildman–Crippen MR) is 201 cm³/mol. The summed E-state index contributed by atoms with van der Waals surface area (Å²) in [7, 11) is 0. The van der Waals surface area contributed by atoms with E-state index in [9.17, 15) is 32.3 Å². The van der Waals surface area contributed by atoms with E-state index < -0.39 is 23.7 Å². The van der Waals surface area contributed by atoms with Gasteiger partial charge in [0, 0.05) is 73.5 Å². The van der Waals surface area contributed by atoms with Gasteiger partial charge in [-0.15, -0.1) is 0 Å². The van der Waals surface area contributed by atoms with Crippen molar-refractivity contribution in [3.05, 3.63) is 76.1 Å². The van der Waals surface area contributed by atoms with Crippen molar-refractivity contribution in [1.82, 2.24) is 45.2 Å². The van der Waals surface area contributed by atoms with E-state index in [0.717, 1.165) is 25.9 Å². The van der Waals surface area contributed by atoms with Gasteiger partial charge in [0.15, 0.2) is 11.5 Å². The topological polar surface area (TPSA) is 219 Å². The number of aromatic amines is 2. The van der Waals surface area contributed by atoms with Gasteiger partial charge in [-0.3, -0.25) is 34.2 Å². The number of carboxylic acids is 1. The Labute approximate surface area is 329 Å². The summed E-state index contributed by atoms with van der Waals surface area (Å²) in [6, 6.07) is 7.33. The number of alkyl halides is 3. The summed E-state index contributed by atoms with van der Waals surface area (Å²) in [6.45, 7) is 4.18. The molecule has 1 unspecified atom stereocenters. The molecule has 3 aliphatic rings. The molecule has 1 atom stereocenters. The van der Waals surface area contributed by atoms with Gasteiger partial charge < -0.3 is 36.3 Å². The number of aliphatic carboxylic acids is 1. The highest BCUT2D eigenvalue weighted by Crippen LogP contribution is 2.37. The zero-order chi connectivity index (χ0) is 40.4. The van der Waals surface area contributed by atoms with Crippen LogP contribution < -0.4 is 16.4 Å². The number of carboxylic acid groups (broad SMARTS) is 1. The van der Waals surface area contributed by atoms with Crippen LogP contribution in [0.15, 0.2) is 42.7 Å². The Kier molecular flexibility index (Phi) is 11.5. The van der Waals surface area contributed by atoms with Crippen LogP contribution in [0.3, 0.4) is 0 Å². The molecule has 3 amide bonds. The molecule has 16 nitrogen and oxygen atoms in total. The normalized spacial score (nSPS) is 17.6. The number of carbonyl (C=O) groups is 4. The summed E-state index contributed by atoms with van der Waals surface area (Å²) in [5.74, 6) is -1.73. The number of halogens is 4. The highest BCUT2D eigenvalue weighted by molar-refractivity contribution is 6.34. The smallest absolute Gasteiger partial charge is 0.435 e. The average Bonchev–Trinajstić information content (AvgIpc) is 3.81. The number of anilines is 2. The summed E-state index contributed by atoms with van der Waals surface area (Å²) < 4.78 is 41.6. The number of nitrogens with one attached hydrogen (secondary N) is 4. The first kappa shape index (κ1) is 39.7. The molecule has 1 aromatic carbocycles. The van der Waals surface area contributed by atoms with Crippen molar-refractivity contribution in [2.45, 2.75) is 25.4 Å². The van der Waals surface area contributed by atoms with Crippen LogP contribution in [0.4, 0.5) is 24.5 Å². The van der Waals surface area contributed by atoms with E-state index in [2.05, 4.69) is 35.8 Å². The van der Waals surface area contributed by atoms with Crippen molar-refractivity contribution in [3.8, 4) is 11.4 Å². The van der Waals surface area contributed by atoms with Crippen LogP contribution in [-0.4, -0.2) is 128 Å². The zero-order valence-electron chi connectivity index (χ0n) is 30.6. The molecular formula is C37H41ClF3N11O5. The van der Waals surface area contributed by atoms with E-state index in [4.69, 9.17) is 22.4 Å². The maximum atomic E-state index is 13.9. The number of nitrogen functional groups attached to an aromatic ring is 1. The third-order valence-corrected chi connectivity index (χ3v) is 11.1. The molecule has 3 aliphatic heterocycles. The van der Waals surface area contributed by atoms with E-state index in [1.807, 2.05) is 9.80 Å².